The van der Waals surface area contributed by atoms with Gasteiger partial charge in [0.1, 0.15) is 5.82 Å². The highest BCUT2D eigenvalue weighted by atomic mass is 19.1. The fourth-order valence-electron chi connectivity index (χ4n) is 4.97. The molecule has 0 radical (unpaired) electrons. The van der Waals surface area contributed by atoms with Crippen molar-refractivity contribution < 1.29 is 18.7 Å². The fraction of sp³-hybridized carbons (Fsp3) is 0.636. The zero-order valence-corrected chi connectivity index (χ0v) is 16.3. The van der Waals surface area contributed by atoms with Crippen LogP contribution in [0.2, 0.25) is 0 Å². The number of carbonyl (C=O) groups excluding carboxylic acids is 2. The third kappa shape index (κ3) is 3.26. The minimum absolute atomic E-state index is 0.0296. The van der Waals surface area contributed by atoms with Crippen molar-refractivity contribution >= 4 is 11.9 Å². The molecule has 1 aromatic carbocycles. The first-order valence-electron chi connectivity index (χ1n) is 10.00. The van der Waals surface area contributed by atoms with E-state index in [4.69, 9.17) is 4.74 Å². The van der Waals surface area contributed by atoms with Crippen LogP contribution in [-0.4, -0.2) is 36.5 Å². The maximum atomic E-state index is 13.9. The van der Waals surface area contributed by atoms with Gasteiger partial charge in [0.15, 0.2) is 0 Å². The summed E-state index contributed by atoms with van der Waals surface area (Å²) in [7, 11) is 1.90. The number of amides is 1. The molecule has 1 amide bonds. The maximum Gasteiger partial charge on any atom is 0.306 e. The van der Waals surface area contributed by atoms with Gasteiger partial charge in [-0.05, 0) is 54.7 Å². The summed E-state index contributed by atoms with van der Waals surface area (Å²) < 4.78 is 19.0. The van der Waals surface area contributed by atoms with Crippen molar-refractivity contribution in [2.24, 2.45) is 11.3 Å². The Morgan fingerprint density at radius 1 is 1.30 bits per heavy atom. The Labute approximate surface area is 160 Å². The maximum absolute atomic E-state index is 13.9. The summed E-state index contributed by atoms with van der Waals surface area (Å²) in [5.41, 5.74) is 1.89. The number of carbonyl (C=O) groups is 2. The number of cyclic esters (lactones) is 1. The predicted molar refractivity (Wildman–Crippen MR) is 99.8 cm³/mol. The van der Waals surface area contributed by atoms with E-state index in [0.29, 0.717) is 18.9 Å². The monoisotopic (exact) mass is 373 g/mol. The van der Waals surface area contributed by atoms with Crippen molar-refractivity contribution in [1.29, 1.82) is 0 Å². The minimum Gasteiger partial charge on any atom is -0.465 e. The quantitative estimate of drug-likeness (QED) is 0.750. The molecule has 1 aliphatic heterocycles. The minimum atomic E-state index is -0.134. The molecule has 1 saturated heterocycles. The zero-order valence-electron chi connectivity index (χ0n) is 16.3. The molecule has 2 saturated carbocycles. The van der Waals surface area contributed by atoms with E-state index in [1.54, 1.807) is 6.07 Å². The lowest BCUT2D eigenvalue weighted by atomic mass is 9.61. The summed E-state index contributed by atoms with van der Waals surface area (Å²) in [6.45, 7) is 4.49. The fourth-order valence-corrected chi connectivity index (χ4v) is 4.97. The van der Waals surface area contributed by atoms with Crippen LogP contribution in [-0.2, 0) is 14.3 Å². The van der Waals surface area contributed by atoms with Gasteiger partial charge in [0.25, 0.3) is 0 Å². The van der Waals surface area contributed by atoms with Gasteiger partial charge in [0.05, 0.1) is 13.0 Å². The topological polar surface area (TPSA) is 46.6 Å². The lowest BCUT2D eigenvalue weighted by molar-refractivity contribution is -0.146. The van der Waals surface area contributed by atoms with Crippen molar-refractivity contribution in [1.82, 2.24) is 4.90 Å². The molecule has 27 heavy (non-hydrogen) atoms. The van der Waals surface area contributed by atoms with Crippen LogP contribution in [0.15, 0.2) is 18.2 Å². The number of rotatable bonds is 4. The molecule has 3 aliphatic rings. The van der Waals surface area contributed by atoms with Gasteiger partial charge in [-0.3, -0.25) is 9.59 Å². The van der Waals surface area contributed by atoms with Crippen molar-refractivity contribution in [2.75, 3.05) is 13.7 Å². The van der Waals surface area contributed by atoms with E-state index in [0.717, 1.165) is 31.2 Å². The highest BCUT2D eigenvalue weighted by molar-refractivity contribution is 5.81. The highest BCUT2D eigenvalue weighted by Gasteiger charge is 2.53. The Bertz CT molecular complexity index is 763. The van der Waals surface area contributed by atoms with Gasteiger partial charge in [-0.2, -0.15) is 0 Å². The van der Waals surface area contributed by atoms with Crippen LogP contribution in [0, 0.1) is 17.2 Å². The van der Waals surface area contributed by atoms with Gasteiger partial charge >= 0.3 is 5.97 Å². The number of benzene rings is 1. The largest absolute Gasteiger partial charge is 0.465 e. The molecule has 4 rings (SSSR count). The van der Waals surface area contributed by atoms with Crippen LogP contribution in [0.4, 0.5) is 4.39 Å². The second-order valence-corrected chi connectivity index (χ2v) is 9.15. The molecule has 1 spiro atoms. The average molecular weight is 373 g/mol. The highest BCUT2D eigenvalue weighted by Crippen LogP contribution is 2.52. The van der Waals surface area contributed by atoms with Gasteiger partial charge in [0, 0.05) is 24.4 Å². The Balaban J connectivity index is 1.31. The second kappa shape index (κ2) is 6.61. The molecule has 0 N–H and O–H groups in total. The molecule has 2 aliphatic carbocycles. The van der Waals surface area contributed by atoms with Gasteiger partial charge in [0.2, 0.25) is 5.91 Å². The average Bonchev–Trinajstić information content (AvgIpc) is 2.94. The molecule has 3 fully saturated rings. The normalized spacial score (nSPS) is 32.2. The summed E-state index contributed by atoms with van der Waals surface area (Å²) in [5.74, 6) is 0.535. The molecule has 1 aromatic rings. The number of hydrogen-bond acceptors (Lipinski definition) is 3. The molecule has 146 valence electrons. The Hall–Kier alpha value is -1.91. The molecule has 0 unspecified atom stereocenters. The number of nitrogens with zero attached hydrogens (tertiary/aromatic N) is 1. The lowest BCUT2D eigenvalue weighted by Crippen LogP contribution is -2.51. The first-order valence-corrected chi connectivity index (χ1v) is 10.00. The summed E-state index contributed by atoms with van der Waals surface area (Å²) in [5, 5.41) is 0. The summed E-state index contributed by atoms with van der Waals surface area (Å²) in [4.78, 5) is 26.0. The molecule has 0 aromatic heterocycles. The number of hydrogen-bond donors (Lipinski definition) is 0. The van der Waals surface area contributed by atoms with E-state index >= 15 is 0 Å². The first-order chi connectivity index (χ1) is 12.8. The van der Waals surface area contributed by atoms with Crippen LogP contribution < -0.4 is 0 Å². The van der Waals surface area contributed by atoms with Crippen molar-refractivity contribution in [3.8, 4) is 0 Å². The molecule has 5 heteroatoms. The van der Waals surface area contributed by atoms with E-state index in [2.05, 4.69) is 0 Å². The van der Waals surface area contributed by atoms with Crippen molar-refractivity contribution in [3.05, 3.63) is 35.1 Å². The zero-order chi connectivity index (χ0) is 19.3. The first kappa shape index (κ1) is 18.5. The standard InChI is InChI=1S/C22H28FNO3/c1-13(2)18-8-14(4-5-19(18)23)15-6-17(7-15)24(3)21(26)16-9-22(10-16)11-20(25)27-12-22/h4-5,8,13,15-17H,6-7,9-12H2,1-3H3. The lowest BCUT2D eigenvalue weighted by Gasteiger charge is -2.47. The Kier molecular flexibility index (Phi) is 4.52. The molecule has 4 nitrogen and oxygen atoms in total. The molecular weight excluding hydrogens is 345 g/mol. The van der Waals surface area contributed by atoms with Crippen molar-refractivity contribution in [3.63, 3.8) is 0 Å². The summed E-state index contributed by atoms with van der Waals surface area (Å²) in [6.07, 6.45) is 3.88. The predicted octanol–water partition coefficient (Wildman–Crippen LogP) is 4.00. The SMILES string of the molecule is CC(C)c1cc(C2CC(N(C)C(=O)C3CC4(COC(=O)C4)C3)C2)ccc1F. The molecule has 0 atom stereocenters. The number of esters is 1. The summed E-state index contributed by atoms with van der Waals surface area (Å²) >= 11 is 0. The van der Waals surface area contributed by atoms with E-state index in [1.807, 2.05) is 37.9 Å². The van der Waals surface area contributed by atoms with E-state index in [-0.39, 0.29) is 41.0 Å². The number of ether oxygens (including phenoxy) is 1. The number of halogens is 1. The smallest absolute Gasteiger partial charge is 0.306 e. The van der Waals surface area contributed by atoms with Crippen LogP contribution in [0.25, 0.3) is 0 Å². The van der Waals surface area contributed by atoms with Gasteiger partial charge in [-0.1, -0.05) is 26.0 Å². The van der Waals surface area contributed by atoms with E-state index in [1.165, 1.54) is 5.56 Å². The molecule has 0 bridgehead atoms. The van der Waals surface area contributed by atoms with Crippen LogP contribution in [0.3, 0.4) is 0 Å². The van der Waals surface area contributed by atoms with Crippen LogP contribution in [0.5, 0.6) is 0 Å². The Morgan fingerprint density at radius 3 is 2.59 bits per heavy atom. The molecular formula is C22H28FNO3. The second-order valence-electron chi connectivity index (χ2n) is 9.15. The van der Waals surface area contributed by atoms with E-state index < -0.39 is 0 Å². The van der Waals surface area contributed by atoms with Gasteiger partial charge in [-0.15, -0.1) is 0 Å². The van der Waals surface area contributed by atoms with Gasteiger partial charge in [-0.25, -0.2) is 4.39 Å². The summed E-state index contributed by atoms with van der Waals surface area (Å²) in [6, 6.07) is 5.71. The third-order valence-electron chi connectivity index (χ3n) is 6.89. The van der Waals surface area contributed by atoms with E-state index in [9.17, 15) is 14.0 Å². The Morgan fingerprint density at radius 2 is 2.00 bits per heavy atom. The van der Waals surface area contributed by atoms with Crippen molar-refractivity contribution in [2.45, 2.75) is 63.8 Å². The third-order valence-corrected chi connectivity index (χ3v) is 6.89. The molecule has 1 heterocycles. The van der Waals surface area contributed by atoms with Gasteiger partial charge < -0.3 is 9.64 Å². The van der Waals surface area contributed by atoms with Crippen LogP contribution >= 0.6 is 0 Å². The van der Waals surface area contributed by atoms with Crippen LogP contribution in [0.1, 0.15) is 68.9 Å².